The molecule has 6 rings (SSSR count). The smallest absolute Gasteiger partial charge is 0.410 e. The second-order valence-corrected chi connectivity index (χ2v) is 11.7. The lowest BCUT2D eigenvalue weighted by Crippen LogP contribution is -2.36. The van der Waals surface area contributed by atoms with Crippen LogP contribution in [0.3, 0.4) is 0 Å². The lowest BCUT2D eigenvalue weighted by Gasteiger charge is -2.27. The molecule has 1 amide bonds. The van der Waals surface area contributed by atoms with Gasteiger partial charge >= 0.3 is 6.09 Å². The van der Waals surface area contributed by atoms with E-state index in [-0.39, 0.29) is 12.1 Å². The van der Waals surface area contributed by atoms with Gasteiger partial charge in [0.05, 0.1) is 24.1 Å². The monoisotopic (exact) mass is 521 g/mol. The number of ether oxygens (including phenoxy) is 1. The molecule has 2 fully saturated rings. The topological polar surface area (TPSA) is 86.9 Å². The van der Waals surface area contributed by atoms with E-state index < -0.39 is 5.60 Å². The van der Waals surface area contributed by atoms with Crippen LogP contribution in [-0.4, -0.2) is 43.1 Å². The van der Waals surface area contributed by atoms with Crippen molar-refractivity contribution in [3.8, 4) is 23.1 Å². The number of nitrogens with zero attached hydrogens (tertiary/aromatic N) is 3. The molecule has 1 saturated carbocycles. The van der Waals surface area contributed by atoms with E-state index in [4.69, 9.17) is 4.74 Å². The van der Waals surface area contributed by atoms with Crippen LogP contribution in [0.25, 0.3) is 22.0 Å². The van der Waals surface area contributed by atoms with Crippen LogP contribution in [0.4, 0.5) is 4.79 Å². The molecule has 7 nitrogen and oxygen atoms in total. The van der Waals surface area contributed by atoms with Crippen molar-refractivity contribution in [1.82, 2.24) is 24.8 Å². The van der Waals surface area contributed by atoms with Crippen molar-refractivity contribution in [2.24, 2.45) is 0 Å². The highest BCUT2D eigenvalue weighted by atomic mass is 16.6. The molecular formula is C32H35N5O2. The first-order chi connectivity index (χ1) is 18.8. The zero-order chi connectivity index (χ0) is 27.0. The van der Waals surface area contributed by atoms with Crippen LogP contribution in [0.15, 0.2) is 48.8 Å². The largest absolute Gasteiger partial charge is 0.444 e. The minimum Gasteiger partial charge on any atom is -0.444 e. The molecule has 7 heteroatoms. The Hall–Kier alpha value is -4.05. The Bertz CT molecular complexity index is 1560. The molecule has 2 aromatic carbocycles. The predicted octanol–water partition coefficient (Wildman–Crippen LogP) is 7.08. The molecule has 0 radical (unpaired) electrons. The van der Waals surface area contributed by atoms with Gasteiger partial charge in [-0.15, -0.1) is 0 Å². The Labute approximate surface area is 229 Å². The number of carbonyl (C=O) groups is 1. The van der Waals surface area contributed by atoms with E-state index in [9.17, 15) is 4.79 Å². The van der Waals surface area contributed by atoms with E-state index in [1.165, 1.54) is 31.1 Å². The third kappa shape index (κ3) is 5.56. The first-order valence-electron chi connectivity index (χ1n) is 14.0. The number of hydrogen-bond acceptors (Lipinski definition) is 4. The van der Waals surface area contributed by atoms with E-state index in [1.807, 2.05) is 27.0 Å². The van der Waals surface area contributed by atoms with Crippen LogP contribution in [0.2, 0.25) is 0 Å². The molecule has 0 bridgehead atoms. The number of benzene rings is 2. The number of rotatable bonds is 3. The highest BCUT2D eigenvalue weighted by Crippen LogP contribution is 2.34. The average Bonchev–Trinajstić information content (AvgIpc) is 3.72. The Morgan fingerprint density at radius 2 is 1.69 bits per heavy atom. The third-order valence-electron chi connectivity index (χ3n) is 7.62. The molecule has 1 unspecified atom stereocenters. The molecule has 0 spiro atoms. The molecule has 1 atom stereocenters. The van der Waals surface area contributed by atoms with Crippen LogP contribution in [0.5, 0.6) is 0 Å². The molecule has 1 saturated heterocycles. The van der Waals surface area contributed by atoms with E-state index in [0.717, 1.165) is 52.4 Å². The van der Waals surface area contributed by atoms with E-state index in [0.29, 0.717) is 12.5 Å². The quantitative estimate of drug-likeness (QED) is 0.282. The first kappa shape index (κ1) is 25.2. The lowest BCUT2D eigenvalue weighted by atomic mass is 10.0. The molecular weight excluding hydrogens is 486 g/mol. The number of fused-ring (bicyclic) bond motifs is 1. The van der Waals surface area contributed by atoms with Gasteiger partial charge in [-0.2, -0.15) is 0 Å². The summed E-state index contributed by atoms with van der Waals surface area (Å²) >= 11 is 0. The van der Waals surface area contributed by atoms with Crippen molar-refractivity contribution in [3.63, 3.8) is 0 Å². The van der Waals surface area contributed by atoms with Crippen molar-refractivity contribution < 1.29 is 9.53 Å². The molecule has 1 aliphatic heterocycles. The van der Waals surface area contributed by atoms with Crippen molar-refractivity contribution in [3.05, 3.63) is 71.7 Å². The zero-order valence-electron chi connectivity index (χ0n) is 22.9. The number of amides is 1. The van der Waals surface area contributed by atoms with Crippen LogP contribution >= 0.6 is 0 Å². The van der Waals surface area contributed by atoms with Gasteiger partial charge in [0.2, 0.25) is 0 Å². The third-order valence-corrected chi connectivity index (χ3v) is 7.62. The Morgan fingerprint density at radius 3 is 2.51 bits per heavy atom. The SMILES string of the molecule is CC(C)(C)OC(=O)N1CCCC1c1ncc(C#Cc2ccc3cc(-c4cnc(C5CCCC5)[nH]4)ccc3c2)[nH]1. The lowest BCUT2D eigenvalue weighted by molar-refractivity contribution is 0.0218. The summed E-state index contributed by atoms with van der Waals surface area (Å²) in [6.07, 6.45) is 10.3. The van der Waals surface area contributed by atoms with Gasteiger partial charge in [0.25, 0.3) is 0 Å². The maximum Gasteiger partial charge on any atom is 0.410 e. The van der Waals surface area contributed by atoms with Crippen molar-refractivity contribution in [2.75, 3.05) is 6.54 Å². The van der Waals surface area contributed by atoms with E-state index in [1.54, 1.807) is 11.1 Å². The summed E-state index contributed by atoms with van der Waals surface area (Å²) in [6, 6.07) is 12.7. The maximum atomic E-state index is 12.7. The summed E-state index contributed by atoms with van der Waals surface area (Å²) in [5, 5.41) is 2.31. The molecule has 2 aromatic heterocycles. The number of aromatic amines is 2. The first-order valence-corrected chi connectivity index (χ1v) is 14.0. The Morgan fingerprint density at radius 1 is 0.923 bits per heavy atom. The highest BCUT2D eigenvalue weighted by molar-refractivity contribution is 5.88. The van der Waals surface area contributed by atoms with Gasteiger partial charge < -0.3 is 14.7 Å². The number of nitrogens with one attached hydrogen (secondary N) is 2. The summed E-state index contributed by atoms with van der Waals surface area (Å²) in [6.45, 7) is 6.32. The van der Waals surface area contributed by atoms with Crippen LogP contribution in [0.1, 0.15) is 94.2 Å². The fraction of sp³-hybridized carbons (Fsp3) is 0.406. The van der Waals surface area contributed by atoms with E-state index >= 15 is 0 Å². The van der Waals surface area contributed by atoms with Crippen molar-refractivity contribution in [1.29, 1.82) is 0 Å². The summed E-state index contributed by atoms with van der Waals surface area (Å²) in [7, 11) is 0. The average molecular weight is 522 g/mol. The van der Waals surface area contributed by atoms with Crippen LogP contribution in [-0.2, 0) is 4.74 Å². The normalized spacial score (nSPS) is 17.9. The number of imidazole rings is 2. The molecule has 200 valence electrons. The molecule has 39 heavy (non-hydrogen) atoms. The second kappa shape index (κ2) is 10.3. The van der Waals surface area contributed by atoms with Gasteiger partial charge in [-0.05, 0) is 81.3 Å². The number of H-pyrrole nitrogens is 2. The second-order valence-electron chi connectivity index (χ2n) is 11.7. The Kier molecular flexibility index (Phi) is 6.64. The van der Waals surface area contributed by atoms with Crippen LogP contribution in [0, 0.1) is 11.8 Å². The molecule has 2 N–H and O–H groups in total. The van der Waals surface area contributed by atoms with Gasteiger partial charge in [0.15, 0.2) is 0 Å². The Balaban J connectivity index is 1.16. The van der Waals surface area contributed by atoms with Gasteiger partial charge in [0, 0.05) is 23.6 Å². The summed E-state index contributed by atoms with van der Waals surface area (Å²) in [5.74, 6) is 8.92. The van der Waals surface area contributed by atoms with Gasteiger partial charge in [-0.25, -0.2) is 14.8 Å². The standard InChI is InChI=1S/C32H35N5O2/c1-32(2,3)39-31(38)37-16-6-9-28(37)30-33-19-26(35-30)15-11-21-10-12-24-18-25(14-13-23(24)17-21)27-20-34-29(36-27)22-7-4-5-8-22/h10,12-14,17-20,22,28H,4-9,16H2,1-3H3,(H,33,35)(H,34,36). The molecule has 3 heterocycles. The number of likely N-dealkylation sites (tertiary alicyclic amines) is 1. The molecule has 1 aliphatic carbocycles. The van der Waals surface area contributed by atoms with Crippen LogP contribution < -0.4 is 0 Å². The minimum atomic E-state index is -0.525. The summed E-state index contributed by atoms with van der Waals surface area (Å²) in [5.41, 5.74) is 3.37. The molecule has 4 aromatic rings. The zero-order valence-corrected chi connectivity index (χ0v) is 22.9. The number of aromatic nitrogens is 4. The number of hydrogen-bond donors (Lipinski definition) is 2. The minimum absolute atomic E-state index is 0.116. The summed E-state index contributed by atoms with van der Waals surface area (Å²) < 4.78 is 5.59. The highest BCUT2D eigenvalue weighted by Gasteiger charge is 2.34. The van der Waals surface area contributed by atoms with E-state index in [2.05, 4.69) is 68.2 Å². The predicted molar refractivity (Wildman–Crippen MR) is 152 cm³/mol. The van der Waals surface area contributed by atoms with Gasteiger partial charge in [0.1, 0.15) is 22.9 Å². The fourth-order valence-electron chi connectivity index (χ4n) is 5.68. The van der Waals surface area contributed by atoms with Gasteiger partial charge in [-0.1, -0.05) is 37.0 Å². The summed E-state index contributed by atoms with van der Waals surface area (Å²) in [4.78, 5) is 30.5. The maximum absolute atomic E-state index is 12.7. The van der Waals surface area contributed by atoms with Crippen molar-refractivity contribution >= 4 is 16.9 Å². The van der Waals surface area contributed by atoms with Crippen molar-refractivity contribution in [2.45, 2.75) is 76.9 Å². The molecule has 2 aliphatic rings. The van der Waals surface area contributed by atoms with Gasteiger partial charge in [-0.3, -0.25) is 4.90 Å². The fourth-order valence-corrected chi connectivity index (χ4v) is 5.68. The number of carbonyl (C=O) groups excluding carboxylic acids is 1.